The maximum absolute atomic E-state index is 14.0. The minimum Gasteiger partial charge on any atom is -0.455 e. The summed E-state index contributed by atoms with van der Waals surface area (Å²) in [5, 5.41) is 3.53. The van der Waals surface area contributed by atoms with Crippen LogP contribution in [0.15, 0.2) is 36.4 Å². The topological polar surface area (TPSA) is 21.3 Å². The van der Waals surface area contributed by atoms with E-state index in [2.05, 4.69) is 5.32 Å². The number of ether oxygens (including phenoxy) is 1. The summed E-state index contributed by atoms with van der Waals surface area (Å²) in [7, 11) is 1.78. The molecule has 1 atom stereocenters. The van der Waals surface area contributed by atoms with Crippen LogP contribution in [0.2, 0.25) is 5.02 Å². The molecule has 0 aliphatic heterocycles. The van der Waals surface area contributed by atoms with Gasteiger partial charge >= 0.3 is 0 Å². The van der Waals surface area contributed by atoms with E-state index in [1.807, 2.05) is 26.0 Å². The van der Waals surface area contributed by atoms with E-state index in [4.69, 9.17) is 16.3 Å². The minimum atomic E-state index is -0.299. The van der Waals surface area contributed by atoms with Gasteiger partial charge in [-0.15, -0.1) is 0 Å². The second-order valence-corrected chi connectivity index (χ2v) is 5.11. The van der Waals surface area contributed by atoms with Crippen LogP contribution in [0.1, 0.15) is 24.1 Å². The van der Waals surface area contributed by atoms with Gasteiger partial charge in [0.15, 0.2) is 0 Å². The van der Waals surface area contributed by atoms with Crippen molar-refractivity contribution in [3.8, 4) is 11.5 Å². The van der Waals surface area contributed by atoms with Crippen molar-refractivity contribution in [3.05, 3.63) is 58.4 Å². The fourth-order valence-corrected chi connectivity index (χ4v) is 2.25. The van der Waals surface area contributed by atoms with Gasteiger partial charge in [-0.05, 0) is 50.7 Å². The van der Waals surface area contributed by atoms with Crippen molar-refractivity contribution in [1.82, 2.24) is 5.32 Å². The standard InChI is InChI=1S/C16H17ClFNO/c1-10-7-8-14(12(17)9-10)20-15-6-4-5-13(18)16(15)11(2)19-3/h4-9,11,19H,1-3H3. The van der Waals surface area contributed by atoms with Gasteiger partial charge in [0.05, 0.1) is 5.02 Å². The van der Waals surface area contributed by atoms with Crippen LogP contribution in [0.25, 0.3) is 0 Å². The van der Waals surface area contributed by atoms with Crippen molar-refractivity contribution in [1.29, 1.82) is 0 Å². The van der Waals surface area contributed by atoms with Crippen LogP contribution < -0.4 is 10.1 Å². The number of halogens is 2. The zero-order valence-corrected chi connectivity index (χ0v) is 12.5. The number of aryl methyl sites for hydroxylation is 1. The second-order valence-electron chi connectivity index (χ2n) is 4.70. The highest BCUT2D eigenvalue weighted by atomic mass is 35.5. The average Bonchev–Trinajstić information content (AvgIpc) is 2.41. The van der Waals surface area contributed by atoms with E-state index >= 15 is 0 Å². The molecule has 106 valence electrons. The minimum absolute atomic E-state index is 0.157. The van der Waals surface area contributed by atoms with Crippen molar-refractivity contribution in [2.75, 3.05) is 7.05 Å². The first kappa shape index (κ1) is 14.8. The van der Waals surface area contributed by atoms with Crippen molar-refractivity contribution < 1.29 is 9.13 Å². The van der Waals surface area contributed by atoms with Crippen LogP contribution in [0.5, 0.6) is 11.5 Å². The number of rotatable bonds is 4. The number of hydrogen-bond acceptors (Lipinski definition) is 2. The fourth-order valence-electron chi connectivity index (χ4n) is 1.98. The Morgan fingerprint density at radius 2 is 1.95 bits per heavy atom. The Kier molecular flexibility index (Phi) is 4.63. The normalized spacial score (nSPS) is 12.2. The molecular formula is C16H17ClFNO. The summed E-state index contributed by atoms with van der Waals surface area (Å²) in [6.45, 7) is 3.83. The summed E-state index contributed by atoms with van der Waals surface area (Å²) in [5.74, 6) is 0.692. The SMILES string of the molecule is CNC(C)c1c(F)cccc1Oc1ccc(C)cc1Cl. The highest BCUT2D eigenvalue weighted by molar-refractivity contribution is 6.32. The highest BCUT2D eigenvalue weighted by Crippen LogP contribution is 2.35. The van der Waals surface area contributed by atoms with E-state index in [1.165, 1.54) is 6.07 Å². The Hall–Kier alpha value is -1.58. The molecule has 0 aromatic heterocycles. The van der Waals surface area contributed by atoms with Crippen LogP contribution in [0.3, 0.4) is 0 Å². The number of benzene rings is 2. The molecule has 0 fully saturated rings. The summed E-state index contributed by atoms with van der Waals surface area (Å²) in [6.07, 6.45) is 0. The Balaban J connectivity index is 2.40. The van der Waals surface area contributed by atoms with Gasteiger partial charge in [-0.2, -0.15) is 0 Å². The summed E-state index contributed by atoms with van der Waals surface area (Å²) in [6, 6.07) is 10.1. The van der Waals surface area contributed by atoms with Gasteiger partial charge in [0.2, 0.25) is 0 Å². The average molecular weight is 294 g/mol. The fraction of sp³-hybridized carbons (Fsp3) is 0.250. The lowest BCUT2D eigenvalue weighted by Crippen LogP contribution is -2.15. The van der Waals surface area contributed by atoms with Crippen LogP contribution in [-0.2, 0) is 0 Å². The monoisotopic (exact) mass is 293 g/mol. The molecule has 2 aromatic rings. The molecule has 0 heterocycles. The Morgan fingerprint density at radius 1 is 1.20 bits per heavy atom. The van der Waals surface area contributed by atoms with Crippen molar-refractivity contribution in [3.63, 3.8) is 0 Å². The summed E-state index contributed by atoms with van der Waals surface area (Å²) in [5.41, 5.74) is 1.54. The van der Waals surface area contributed by atoms with E-state index < -0.39 is 0 Å². The molecule has 1 unspecified atom stereocenters. The first-order chi connectivity index (χ1) is 9.52. The molecule has 20 heavy (non-hydrogen) atoms. The molecular weight excluding hydrogens is 277 g/mol. The first-order valence-electron chi connectivity index (χ1n) is 6.42. The van der Waals surface area contributed by atoms with Crippen LogP contribution in [0, 0.1) is 12.7 Å². The predicted octanol–water partition coefficient (Wildman–Crippen LogP) is 4.86. The molecule has 1 N–H and O–H groups in total. The molecule has 0 radical (unpaired) electrons. The van der Waals surface area contributed by atoms with E-state index in [9.17, 15) is 4.39 Å². The Morgan fingerprint density at radius 3 is 2.60 bits per heavy atom. The smallest absolute Gasteiger partial charge is 0.146 e. The lowest BCUT2D eigenvalue weighted by atomic mass is 10.1. The molecule has 2 rings (SSSR count). The molecule has 0 amide bonds. The Bertz CT molecular complexity index is 615. The molecule has 0 bridgehead atoms. The van der Waals surface area contributed by atoms with Crippen LogP contribution in [-0.4, -0.2) is 7.05 Å². The molecule has 2 aromatic carbocycles. The lowest BCUT2D eigenvalue weighted by molar-refractivity contribution is 0.452. The zero-order chi connectivity index (χ0) is 14.7. The van der Waals surface area contributed by atoms with Crippen molar-refractivity contribution in [2.24, 2.45) is 0 Å². The largest absolute Gasteiger partial charge is 0.455 e. The summed E-state index contributed by atoms with van der Waals surface area (Å²) >= 11 is 6.15. The quantitative estimate of drug-likeness (QED) is 0.869. The maximum Gasteiger partial charge on any atom is 0.146 e. The molecule has 0 saturated carbocycles. The molecule has 2 nitrogen and oxygen atoms in total. The third-order valence-corrected chi connectivity index (χ3v) is 3.48. The maximum atomic E-state index is 14.0. The van der Waals surface area contributed by atoms with Gasteiger partial charge < -0.3 is 10.1 Å². The van der Waals surface area contributed by atoms with Gasteiger partial charge in [-0.25, -0.2) is 4.39 Å². The van der Waals surface area contributed by atoms with Crippen molar-refractivity contribution >= 4 is 11.6 Å². The van der Waals surface area contributed by atoms with Gasteiger partial charge in [0.25, 0.3) is 0 Å². The van der Waals surface area contributed by atoms with Gasteiger partial charge in [-0.3, -0.25) is 0 Å². The second kappa shape index (κ2) is 6.25. The van der Waals surface area contributed by atoms with E-state index in [-0.39, 0.29) is 11.9 Å². The van der Waals surface area contributed by atoms with E-state index in [0.29, 0.717) is 22.1 Å². The van der Waals surface area contributed by atoms with Crippen LogP contribution >= 0.6 is 11.6 Å². The first-order valence-corrected chi connectivity index (χ1v) is 6.80. The van der Waals surface area contributed by atoms with Crippen LogP contribution in [0.4, 0.5) is 4.39 Å². The molecule has 0 spiro atoms. The van der Waals surface area contributed by atoms with E-state index in [0.717, 1.165) is 5.56 Å². The molecule has 0 aliphatic rings. The zero-order valence-electron chi connectivity index (χ0n) is 11.7. The Labute approximate surface area is 123 Å². The summed E-state index contributed by atoms with van der Waals surface area (Å²) < 4.78 is 19.8. The third kappa shape index (κ3) is 3.11. The molecule has 0 aliphatic carbocycles. The van der Waals surface area contributed by atoms with Gasteiger partial charge in [-0.1, -0.05) is 23.7 Å². The molecule has 0 saturated heterocycles. The van der Waals surface area contributed by atoms with E-state index in [1.54, 1.807) is 25.2 Å². The molecule has 4 heteroatoms. The number of nitrogens with one attached hydrogen (secondary N) is 1. The van der Waals surface area contributed by atoms with Gasteiger partial charge in [0.1, 0.15) is 17.3 Å². The third-order valence-electron chi connectivity index (χ3n) is 3.19. The lowest BCUT2D eigenvalue weighted by Gasteiger charge is -2.17. The highest BCUT2D eigenvalue weighted by Gasteiger charge is 2.16. The van der Waals surface area contributed by atoms with Crippen molar-refractivity contribution in [2.45, 2.75) is 19.9 Å². The summed E-state index contributed by atoms with van der Waals surface area (Å²) in [4.78, 5) is 0. The number of hydrogen-bond donors (Lipinski definition) is 1. The van der Waals surface area contributed by atoms with Gasteiger partial charge in [0, 0.05) is 11.6 Å². The predicted molar refractivity (Wildman–Crippen MR) is 80.1 cm³/mol.